The molecule has 0 amide bonds. The summed E-state index contributed by atoms with van der Waals surface area (Å²) in [5.41, 5.74) is 1.70. The minimum atomic E-state index is -3.52. The van der Waals surface area contributed by atoms with E-state index in [9.17, 15) is 12.8 Å². The zero-order valence-electron chi connectivity index (χ0n) is 12.3. The molecule has 5 heteroatoms. The van der Waals surface area contributed by atoms with Gasteiger partial charge in [-0.25, -0.2) is 17.5 Å². The van der Waals surface area contributed by atoms with E-state index in [1.54, 1.807) is 30.3 Å². The standard InChI is InChI=1S/C17H18FNO2S/c1-13-3-2-4-16(11-13)22(20,21)19-12-17(9-10-17)14-5-7-15(18)8-6-14/h2-8,11,19H,9-10,12H2,1H3. The predicted octanol–water partition coefficient (Wildman–Crippen LogP) is 3.14. The van der Waals surface area contributed by atoms with Crippen molar-refractivity contribution in [3.63, 3.8) is 0 Å². The van der Waals surface area contributed by atoms with Crippen LogP contribution in [0.1, 0.15) is 24.0 Å². The molecule has 0 aliphatic heterocycles. The second-order valence-corrected chi connectivity index (χ2v) is 7.70. The van der Waals surface area contributed by atoms with Crippen molar-refractivity contribution in [1.29, 1.82) is 0 Å². The SMILES string of the molecule is Cc1cccc(S(=O)(=O)NCC2(c3ccc(F)cc3)CC2)c1. The molecular formula is C17H18FNO2S. The van der Waals surface area contributed by atoms with Gasteiger partial charge in [0.2, 0.25) is 10.0 Å². The predicted molar refractivity (Wildman–Crippen MR) is 83.7 cm³/mol. The molecule has 116 valence electrons. The summed E-state index contributed by atoms with van der Waals surface area (Å²) < 4.78 is 40.5. The molecule has 22 heavy (non-hydrogen) atoms. The third kappa shape index (κ3) is 3.05. The first-order valence-electron chi connectivity index (χ1n) is 7.24. The number of hydrogen-bond acceptors (Lipinski definition) is 2. The molecule has 1 fully saturated rings. The fraction of sp³-hybridized carbons (Fsp3) is 0.294. The first-order valence-corrected chi connectivity index (χ1v) is 8.72. The van der Waals surface area contributed by atoms with Gasteiger partial charge in [-0.2, -0.15) is 0 Å². The van der Waals surface area contributed by atoms with Gasteiger partial charge < -0.3 is 0 Å². The first kappa shape index (κ1) is 15.2. The molecule has 0 aromatic heterocycles. The maximum absolute atomic E-state index is 13.0. The van der Waals surface area contributed by atoms with E-state index in [4.69, 9.17) is 0 Å². The summed E-state index contributed by atoms with van der Waals surface area (Å²) in [5.74, 6) is -0.278. The Labute approximate surface area is 130 Å². The van der Waals surface area contributed by atoms with E-state index < -0.39 is 10.0 Å². The topological polar surface area (TPSA) is 46.2 Å². The van der Waals surface area contributed by atoms with Crippen molar-refractivity contribution >= 4 is 10.0 Å². The van der Waals surface area contributed by atoms with Gasteiger partial charge in [-0.05, 0) is 55.2 Å². The van der Waals surface area contributed by atoms with Crippen LogP contribution in [0.4, 0.5) is 4.39 Å². The second-order valence-electron chi connectivity index (χ2n) is 5.93. The highest BCUT2D eigenvalue weighted by Gasteiger charge is 2.44. The van der Waals surface area contributed by atoms with E-state index in [-0.39, 0.29) is 16.1 Å². The van der Waals surface area contributed by atoms with Crippen LogP contribution in [0, 0.1) is 12.7 Å². The average Bonchev–Trinajstić information content (AvgIpc) is 3.27. The molecular weight excluding hydrogens is 301 g/mol. The Hall–Kier alpha value is -1.72. The molecule has 1 saturated carbocycles. The van der Waals surface area contributed by atoms with E-state index in [0.29, 0.717) is 6.54 Å². The summed E-state index contributed by atoms with van der Waals surface area (Å²) in [7, 11) is -3.52. The summed E-state index contributed by atoms with van der Waals surface area (Å²) in [4.78, 5) is 0.280. The summed E-state index contributed by atoms with van der Waals surface area (Å²) in [6.07, 6.45) is 1.82. The highest BCUT2D eigenvalue weighted by atomic mass is 32.2. The minimum absolute atomic E-state index is 0.190. The Balaban J connectivity index is 1.76. The van der Waals surface area contributed by atoms with Crippen molar-refractivity contribution < 1.29 is 12.8 Å². The molecule has 2 aromatic carbocycles. The van der Waals surface area contributed by atoms with E-state index in [0.717, 1.165) is 24.0 Å². The number of hydrogen-bond donors (Lipinski definition) is 1. The van der Waals surface area contributed by atoms with Crippen LogP contribution in [0.15, 0.2) is 53.4 Å². The zero-order valence-corrected chi connectivity index (χ0v) is 13.2. The smallest absolute Gasteiger partial charge is 0.210 e. The van der Waals surface area contributed by atoms with Crippen LogP contribution in [0.3, 0.4) is 0 Å². The zero-order chi connectivity index (χ0) is 15.8. The van der Waals surface area contributed by atoms with Crippen molar-refractivity contribution in [2.75, 3.05) is 6.54 Å². The van der Waals surface area contributed by atoms with Gasteiger partial charge in [0, 0.05) is 12.0 Å². The third-order valence-electron chi connectivity index (χ3n) is 4.21. The van der Waals surface area contributed by atoms with Crippen LogP contribution in [0.25, 0.3) is 0 Å². The van der Waals surface area contributed by atoms with Crippen LogP contribution >= 0.6 is 0 Å². The van der Waals surface area contributed by atoms with Crippen LogP contribution < -0.4 is 4.72 Å². The van der Waals surface area contributed by atoms with E-state index in [1.165, 1.54) is 12.1 Å². The lowest BCUT2D eigenvalue weighted by Crippen LogP contribution is -2.32. The number of benzene rings is 2. The molecule has 1 aliphatic carbocycles. The summed E-state index contributed by atoms with van der Waals surface area (Å²) in [6.45, 7) is 2.20. The van der Waals surface area contributed by atoms with Gasteiger partial charge in [0.25, 0.3) is 0 Å². The molecule has 1 aliphatic rings. The van der Waals surface area contributed by atoms with Gasteiger partial charge in [0.1, 0.15) is 5.82 Å². The van der Waals surface area contributed by atoms with Crippen molar-refractivity contribution in [3.8, 4) is 0 Å². The summed E-state index contributed by atoms with van der Waals surface area (Å²) in [5, 5.41) is 0. The molecule has 1 N–H and O–H groups in total. The van der Waals surface area contributed by atoms with Gasteiger partial charge in [0.05, 0.1) is 4.90 Å². The largest absolute Gasteiger partial charge is 0.240 e. The Morgan fingerprint density at radius 2 is 1.82 bits per heavy atom. The Morgan fingerprint density at radius 3 is 2.41 bits per heavy atom. The molecule has 0 radical (unpaired) electrons. The van der Waals surface area contributed by atoms with Gasteiger partial charge in [-0.15, -0.1) is 0 Å². The van der Waals surface area contributed by atoms with Gasteiger partial charge in [-0.1, -0.05) is 24.3 Å². The number of nitrogens with one attached hydrogen (secondary N) is 1. The average molecular weight is 319 g/mol. The molecule has 0 unspecified atom stereocenters. The third-order valence-corrected chi connectivity index (χ3v) is 5.61. The fourth-order valence-corrected chi connectivity index (χ4v) is 3.85. The Kier molecular flexibility index (Phi) is 3.78. The summed E-state index contributed by atoms with van der Waals surface area (Å²) in [6, 6.07) is 13.2. The van der Waals surface area contributed by atoms with Crippen LogP contribution in [0.5, 0.6) is 0 Å². The van der Waals surface area contributed by atoms with Crippen molar-refractivity contribution in [2.45, 2.75) is 30.1 Å². The number of sulfonamides is 1. The molecule has 2 aromatic rings. The number of halogens is 1. The molecule has 0 heterocycles. The lowest BCUT2D eigenvalue weighted by molar-refractivity contribution is 0.566. The maximum Gasteiger partial charge on any atom is 0.240 e. The Morgan fingerprint density at radius 1 is 1.14 bits per heavy atom. The van der Waals surface area contributed by atoms with Gasteiger partial charge in [-0.3, -0.25) is 0 Å². The highest BCUT2D eigenvalue weighted by Crippen LogP contribution is 2.47. The molecule has 0 spiro atoms. The first-order chi connectivity index (χ1) is 10.4. The highest BCUT2D eigenvalue weighted by molar-refractivity contribution is 7.89. The Bertz CT molecular complexity index is 781. The lowest BCUT2D eigenvalue weighted by atomic mass is 9.96. The van der Waals surface area contributed by atoms with Crippen molar-refractivity contribution in [1.82, 2.24) is 4.72 Å². The molecule has 0 saturated heterocycles. The quantitative estimate of drug-likeness (QED) is 0.920. The van der Waals surface area contributed by atoms with E-state index >= 15 is 0 Å². The lowest BCUT2D eigenvalue weighted by Gasteiger charge is -2.17. The minimum Gasteiger partial charge on any atom is -0.210 e. The second kappa shape index (κ2) is 5.48. The molecule has 3 rings (SSSR count). The summed E-state index contributed by atoms with van der Waals surface area (Å²) >= 11 is 0. The van der Waals surface area contributed by atoms with Crippen molar-refractivity contribution in [3.05, 3.63) is 65.5 Å². The number of aryl methyl sites for hydroxylation is 1. The van der Waals surface area contributed by atoms with Crippen LogP contribution in [0.2, 0.25) is 0 Å². The van der Waals surface area contributed by atoms with Gasteiger partial charge >= 0.3 is 0 Å². The fourth-order valence-electron chi connectivity index (χ4n) is 2.62. The van der Waals surface area contributed by atoms with Crippen LogP contribution in [-0.2, 0) is 15.4 Å². The van der Waals surface area contributed by atoms with Gasteiger partial charge in [0.15, 0.2) is 0 Å². The van der Waals surface area contributed by atoms with E-state index in [1.807, 2.05) is 13.0 Å². The molecule has 0 atom stereocenters. The monoisotopic (exact) mass is 319 g/mol. The van der Waals surface area contributed by atoms with Crippen LogP contribution in [-0.4, -0.2) is 15.0 Å². The molecule has 3 nitrogen and oxygen atoms in total. The molecule has 0 bridgehead atoms. The van der Waals surface area contributed by atoms with E-state index in [2.05, 4.69) is 4.72 Å². The number of rotatable bonds is 5. The normalized spacial score (nSPS) is 16.5. The maximum atomic E-state index is 13.0. The van der Waals surface area contributed by atoms with Crippen molar-refractivity contribution in [2.24, 2.45) is 0 Å².